The molecule has 1 saturated carbocycles. The van der Waals surface area contributed by atoms with E-state index >= 15 is 0 Å². The molecule has 1 amide bonds. The monoisotopic (exact) mass is 383 g/mol. The molecule has 2 aromatic rings. The first-order valence-corrected chi connectivity index (χ1v) is 10.2. The number of ether oxygens (including phenoxy) is 2. The Labute approximate surface area is 166 Å². The zero-order valence-electron chi connectivity index (χ0n) is 17.2. The lowest BCUT2D eigenvalue weighted by molar-refractivity contribution is -0.115. The van der Waals surface area contributed by atoms with E-state index in [2.05, 4.69) is 24.3 Å². The summed E-state index contributed by atoms with van der Waals surface area (Å²) in [6, 6.07) is 5.62. The summed E-state index contributed by atoms with van der Waals surface area (Å²) in [6.45, 7) is 9.19. The number of benzene rings is 1. The first-order valence-electron chi connectivity index (χ1n) is 10.2. The number of hydrogen-bond donors (Lipinski definition) is 1. The van der Waals surface area contributed by atoms with E-state index in [4.69, 9.17) is 9.47 Å². The molecule has 1 N–H and O–H groups in total. The third-order valence-electron chi connectivity index (χ3n) is 5.59. The molecule has 4 rings (SSSR count). The van der Waals surface area contributed by atoms with Gasteiger partial charge in [0.1, 0.15) is 0 Å². The van der Waals surface area contributed by atoms with E-state index in [0.717, 1.165) is 66.4 Å². The predicted molar refractivity (Wildman–Crippen MR) is 108 cm³/mol. The summed E-state index contributed by atoms with van der Waals surface area (Å²) in [5, 5.41) is 7.59. The fourth-order valence-corrected chi connectivity index (χ4v) is 4.17. The van der Waals surface area contributed by atoms with Crippen molar-refractivity contribution in [2.45, 2.75) is 72.1 Å². The van der Waals surface area contributed by atoms with Crippen molar-refractivity contribution in [1.29, 1.82) is 0 Å². The van der Waals surface area contributed by atoms with Gasteiger partial charge in [0.15, 0.2) is 11.5 Å². The lowest BCUT2D eigenvalue weighted by Crippen LogP contribution is -2.34. The molecule has 1 fully saturated rings. The second kappa shape index (κ2) is 7.15. The number of hydrogen-bond acceptors (Lipinski definition) is 4. The van der Waals surface area contributed by atoms with Crippen LogP contribution < -0.4 is 14.8 Å². The molecule has 1 aromatic heterocycles. The Bertz CT molecular complexity index is 895. The van der Waals surface area contributed by atoms with E-state index in [0.29, 0.717) is 12.3 Å². The van der Waals surface area contributed by atoms with Gasteiger partial charge in [-0.1, -0.05) is 13.8 Å². The molecular formula is C22H29N3O3. The Morgan fingerprint density at radius 3 is 2.64 bits per heavy atom. The fraction of sp³-hybridized carbons (Fsp3) is 0.545. The molecule has 0 saturated heterocycles. The Hall–Kier alpha value is -2.50. The first-order chi connectivity index (χ1) is 13.3. The molecule has 0 atom stereocenters. The highest BCUT2D eigenvalue weighted by Gasteiger charge is 2.44. The van der Waals surface area contributed by atoms with Crippen molar-refractivity contribution in [2.24, 2.45) is 5.92 Å². The van der Waals surface area contributed by atoms with Crippen LogP contribution in [0.4, 0.5) is 5.69 Å². The number of aromatic nitrogens is 2. The van der Waals surface area contributed by atoms with Crippen molar-refractivity contribution in [3.63, 3.8) is 0 Å². The molecule has 1 aliphatic heterocycles. The number of nitrogens with zero attached hydrogens (tertiary/aromatic N) is 2. The van der Waals surface area contributed by atoms with Crippen LogP contribution in [0.25, 0.3) is 0 Å². The average molecular weight is 383 g/mol. The molecule has 2 aliphatic rings. The van der Waals surface area contributed by atoms with Gasteiger partial charge in [-0.15, -0.1) is 0 Å². The van der Waals surface area contributed by atoms with Crippen molar-refractivity contribution in [3.8, 4) is 11.5 Å². The van der Waals surface area contributed by atoms with Crippen LogP contribution >= 0.6 is 0 Å². The highest BCUT2D eigenvalue weighted by Crippen LogP contribution is 2.47. The molecule has 0 bridgehead atoms. The van der Waals surface area contributed by atoms with E-state index in [1.807, 2.05) is 36.7 Å². The van der Waals surface area contributed by atoms with Crippen molar-refractivity contribution in [3.05, 3.63) is 35.2 Å². The SMILES string of the molecule is Cc1nn(CC(C)C)c(C)c1CC(=O)Nc1ccc2c(c1)OC1(CCCC1)O2. The Balaban J connectivity index is 1.44. The van der Waals surface area contributed by atoms with Crippen molar-refractivity contribution in [1.82, 2.24) is 9.78 Å². The van der Waals surface area contributed by atoms with Gasteiger partial charge in [0, 0.05) is 42.4 Å². The van der Waals surface area contributed by atoms with E-state index in [9.17, 15) is 4.79 Å². The number of amides is 1. The quantitative estimate of drug-likeness (QED) is 0.832. The molecule has 6 heteroatoms. The minimum absolute atomic E-state index is 0.0512. The van der Waals surface area contributed by atoms with Crippen LogP contribution in [0.2, 0.25) is 0 Å². The normalized spacial score (nSPS) is 16.9. The van der Waals surface area contributed by atoms with Crippen LogP contribution in [0.1, 0.15) is 56.5 Å². The maximum Gasteiger partial charge on any atom is 0.251 e. The smallest absolute Gasteiger partial charge is 0.251 e. The standard InChI is InChI=1S/C22H29N3O3/c1-14(2)13-25-16(4)18(15(3)24-25)12-21(26)23-17-7-8-19-20(11-17)28-22(27-19)9-5-6-10-22/h7-8,11,14H,5-6,9-10,12-13H2,1-4H3,(H,23,26). The van der Waals surface area contributed by atoms with Gasteiger partial charge in [-0.05, 0) is 44.7 Å². The van der Waals surface area contributed by atoms with Gasteiger partial charge in [-0.25, -0.2) is 0 Å². The molecule has 1 aromatic carbocycles. The van der Waals surface area contributed by atoms with Gasteiger partial charge in [0.25, 0.3) is 5.79 Å². The lowest BCUT2D eigenvalue weighted by atomic mass is 10.1. The van der Waals surface area contributed by atoms with Crippen LogP contribution in [-0.4, -0.2) is 21.5 Å². The Kier molecular flexibility index (Phi) is 4.81. The summed E-state index contributed by atoms with van der Waals surface area (Å²) < 4.78 is 14.1. The number of nitrogens with one attached hydrogen (secondary N) is 1. The van der Waals surface area contributed by atoms with Crippen molar-refractivity contribution < 1.29 is 14.3 Å². The number of aryl methyl sites for hydroxylation is 1. The minimum atomic E-state index is -0.482. The topological polar surface area (TPSA) is 65.4 Å². The first kappa shape index (κ1) is 18.8. The highest BCUT2D eigenvalue weighted by atomic mass is 16.7. The van der Waals surface area contributed by atoms with Gasteiger partial charge in [0.05, 0.1) is 12.1 Å². The van der Waals surface area contributed by atoms with Crippen molar-refractivity contribution in [2.75, 3.05) is 5.32 Å². The second-order valence-electron chi connectivity index (χ2n) is 8.43. The van der Waals surface area contributed by atoms with Gasteiger partial charge in [0.2, 0.25) is 5.91 Å². The minimum Gasteiger partial charge on any atom is -0.448 e. The average Bonchev–Trinajstić information content (AvgIpc) is 3.29. The lowest BCUT2D eigenvalue weighted by Gasteiger charge is -2.21. The number of carbonyl (C=O) groups is 1. The van der Waals surface area contributed by atoms with Gasteiger partial charge < -0.3 is 14.8 Å². The fourth-order valence-electron chi connectivity index (χ4n) is 4.17. The molecule has 0 radical (unpaired) electrons. The number of rotatable bonds is 5. The number of anilines is 1. The molecular weight excluding hydrogens is 354 g/mol. The third-order valence-corrected chi connectivity index (χ3v) is 5.59. The molecule has 6 nitrogen and oxygen atoms in total. The maximum atomic E-state index is 12.6. The van der Waals surface area contributed by atoms with Crippen LogP contribution in [0.15, 0.2) is 18.2 Å². The van der Waals surface area contributed by atoms with E-state index in [1.165, 1.54) is 0 Å². The molecule has 1 aliphatic carbocycles. The Morgan fingerprint density at radius 1 is 1.21 bits per heavy atom. The molecule has 0 unspecified atom stereocenters. The molecule has 150 valence electrons. The summed E-state index contributed by atoms with van der Waals surface area (Å²) in [5.74, 6) is 1.46. The Morgan fingerprint density at radius 2 is 1.93 bits per heavy atom. The zero-order chi connectivity index (χ0) is 19.9. The van der Waals surface area contributed by atoms with Crippen LogP contribution in [-0.2, 0) is 17.8 Å². The number of carbonyl (C=O) groups excluding carboxylic acids is 1. The van der Waals surface area contributed by atoms with Gasteiger partial charge in [-0.2, -0.15) is 5.10 Å². The summed E-state index contributed by atoms with van der Waals surface area (Å²) in [7, 11) is 0. The summed E-state index contributed by atoms with van der Waals surface area (Å²) in [4.78, 5) is 12.6. The highest BCUT2D eigenvalue weighted by molar-refractivity contribution is 5.92. The van der Waals surface area contributed by atoms with Crippen LogP contribution in [0.3, 0.4) is 0 Å². The maximum absolute atomic E-state index is 12.6. The summed E-state index contributed by atoms with van der Waals surface area (Å²) in [6.07, 6.45) is 4.40. The third kappa shape index (κ3) is 3.60. The largest absolute Gasteiger partial charge is 0.448 e. The van der Waals surface area contributed by atoms with E-state index < -0.39 is 5.79 Å². The van der Waals surface area contributed by atoms with Crippen LogP contribution in [0.5, 0.6) is 11.5 Å². The van der Waals surface area contributed by atoms with Crippen molar-refractivity contribution >= 4 is 11.6 Å². The number of fused-ring (bicyclic) bond motifs is 1. The second-order valence-corrected chi connectivity index (χ2v) is 8.43. The van der Waals surface area contributed by atoms with Gasteiger partial charge in [-0.3, -0.25) is 9.48 Å². The zero-order valence-corrected chi connectivity index (χ0v) is 17.2. The van der Waals surface area contributed by atoms with Gasteiger partial charge >= 0.3 is 0 Å². The molecule has 28 heavy (non-hydrogen) atoms. The van der Waals surface area contributed by atoms with E-state index in [1.54, 1.807) is 0 Å². The summed E-state index contributed by atoms with van der Waals surface area (Å²) in [5.41, 5.74) is 3.72. The molecule has 2 heterocycles. The van der Waals surface area contributed by atoms with E-state index in [-0.39, 0.29) is 5.91 Å². The summed E-state index contributed by atoms with van der Waals surface area (Å²) >= 11 is 0. The molecule has 1 spiro atoms. The van der Waals surface area contributed by atoms with Crippen LogP contribution in [0, 0.1) is 19.8 Å². The predicted octanol–water partition coefficient (Wildman–Crippen LogP) is 4.38.